The Morgan fingerprint density at radius 1 is 0.673 bits per heavy atom. The molecular weight excluding hydrogens is 622 g/mol. The van der Waals surface area contributed by atoms with E-state index in [9.17, 15) is 30.3 Å². The lowest BCUT2D eigenvalue weighted by Crippen LogP contribution is -2.60. The summed E-state index contributed by atoms with van der Waals surface area (Å²) >= 11 is 0. The van der Waals surface area contributed by atoms with E-state index >= 15 is 0 Å². The van der Waals surface area contributed by atoms with Crippen molar-refractivity contribution in [2.24, 2.45) is 0 Å². The first-order valence-electron chi connectivity index (χ1n) is 20.4. The predicted octanol–water partition coefficient (Wildman–Crippen LogP) is 7.39. The molecule has 0 bridgehead atoms. The Kier molecular flexibility index (Phi) is 29.7. The van der Waals surface area contributed by atoms with Gasteiger partial charge in [-0.3, -0.25) is 4.79 Å². The number of allylic oxidation sites excluding steroid dienone is 1. The molecule has 1 heterocycles. The van der Waals surface area contributed by atoms with Gasteiger partial charge in [-0.25, -0.2) is 0 Å². The fourth-order valence-electron chi connectivity index (χ4n) is 6.51. The summed E-state index contributed by atoms with van der Waals surface area (Å²) in [5.41, 5.74) is 0. The lowest BCUT2D eigenvalue weighted by molar-refractivity contribution is -0.302. The van der Waals surface area contributed by atoms with E-state index in [1.807, 2.05) is 6.08 Å². The van der Waals surface area contributed by atoms with Crippen LogP contribution in [0.1, 0.15) is 181 Å². The second kappa shape index (κ2) is 31.6. The second-order valence-corrected chi connectivity index (χ2v) is 14.4. The van der Waals surface area contributed by atoms with Crippen molar-refractivity contribution in [3.8, 4) is 0 Å². The monoisotopic (exact) mass is 700 g/mol. The third-order valence-electron chi connectivity index (χ3n) is 9.86. The summed E-state index contributed by atoms with van der Waals surface area (Å²) in [6.07, 6.45) is 26.7. The minimum atomic E-state index is -1.56. The van der Waals surface area contributed by atoms with Crippen molar-refractivity contribution in [1.82, 2.24) is 5.32 Å². The van der Waals surface area contributed by atoms with Gasteiger partial charge in [-0.1, -0.05) is 167 Å². The number of aliphatic hydroxyl groups excluding tert-OH is 5. The molecule has 9 heteroatoms. The molecule has 1 fully saturated rings. The van der Waals surface area contributed by atoms with Gasteiger partial charge in [-0.15, -0.1) is 0 Å². The molecule has 0 spiro atoms. The highest BCUT2D eigenvalue weighted by Crippen LogP contribution is 2.22. The first kappa shape index (κ1) is 46.0. The molecule has 290 valence electrons. The zero-order valence-corrected chi connectivity index (χ0v) is 31.5. The number of carbonyl (C=O) groups excluding carboxylic acids is 1. The number of rotatable bonds is 33. The number of unbranched alkanes of at least 4 members (excludes halogenated alkanes) is 23. The third-order valence-corrected chi connectivity index (χ3v) is 9.86. The van der Waals surface area contributed by atoms with Crippen LogP contribution in [0.15, 0.2) is 12.2 Å². The van der Waals surface area contributed by atoms with Gasteiger partial charge >= 0.3 is 0 Å². The van der Waals surface area contributed by atoms with Gasteiger partial charge in [0.15, 0.2) is 6.29 Å². The maximum absolute atomic E-state index is 12.9. The van der Waals surface area contributed by atoms with Gasteiger partial charge in [0.2, 0.25) is 5.91 Å². The Hall–Kier alpha value is -1.07. The van der Waals surface area contributed by atoms with Gasteiger partial charge in [0.25, 0.3) is 0 Å². The minimum absolute atomic E-state index is 0.178. The summed E-state index contributed by atoms with van der Waals surface area (Å²) in [7, 11) is 0. The lowest BCUT2D eigenvalue weighted by Gasteiger charge is -2.40. The van der Waals surface area contributed by atoms with Gasteiger partial charge in [0.05, 0.1) is 25.4 Å². The van der Waals surface area contributed by atoms with Crippen LogP contribution in [0, 0.1) is 0 Å². The van der Waals surface area contributed by atoms with E-state index in [0.29, 0.717) is 6.42 Å². The number of hydrogen-bond donors (Lipinski definition) is 6. The fraction of sp³-hybridized carbons (Fsp3) is 0.925. The maximum atomic E-state index is 12.9. The van der Waals surface area contributed by atoms with E-state index in [4.69, 9.17) is 9.47 Å². The van der Waals surface area contributed by atoms with Crippen LogP contribution in [-0.2, 0) is 14.3 Å². The summed E-state index contributed by atoms with van der Waals surface area (Å²) in [6, 6.07) is -0.796. The number of ether oxygens (including phenoxy) is 2. The molecule has 1 rings (SSSR count). The summed E-state index contributed by atoms with van der Waals surface area (Å²) < 4.78 is 11.2. The van der Waals surface area contributed by atoms with Crippen LogP contribution in [0.3, 0.4) is 0 Å². The molecule has 0 saturated carbocycles. The van der Waals surface area contributed by atoms with E-state index in [-0.39, 0.29) is 12.5 Å². The topological polar surface area (TPSA) is 149 Å². The predicted molar refractivity (Wildman–Crippen MR) is 198 cm³/mol. The Labute approximate surface area is 299 Å². The van der Waals surface area contributed by atoms with Gasteiger partial charge in [0, 0.05) is 6.42 Å². The summed E-state index contributed by atoms with van der Waals surface area (Å²) in [5.74, 6) is -0.178. The molecule has 49 heavy (non-hydrogen) atoms. The molecular formula is C40H77NO8. The summed E-state index contributed by atoms with van der Waals surface area (Å²) in [6.45, 7) is 3.75. The van der Waals surface area contributed by atoms with Crippen LogP contribution in [-0.4, -0.2) is 87.5 Å². The van der Waals surface area contributed by atoms with E-state index in [1.54, 1.807) is 6.08 Å². The minimum Gasteiger partial charge on any atom is -0.394 e. The molecule has 0 aromatic carbocycles. The van der Waals surface area contributed by atoms with Crippen LogP contribution in [0.2, 0.25) is 0 Å². The Balaban J connectivity index is 2.43. The van der Waals surface area contributed by atoms with Crippen LogP contribution < -0.4 is 5.32 Å². The van der Waals surface area contributed by atoms with Gasteiger partial charge < -0.3 is 40.3 Å². The van der Waals surface area contributed by atoms with Gasteiger partial charge in [0.1, 0.15) is 24.4 Å². The molecule has 1 saturated heterocycles. The summed E-state index contributed by atoms with van der Waals surface area (Å²) in [5, 5.41) is 53.9. The Morgan fingerprint density at radius 2 is 1.12 bits per heavy atom. The smallest absolute Gasteiger partial charge is 0.220 e. The zero-order chi connectivity index (χ0) is 36.0. The number of hydrogen-bond acceptors (Lipinski definition) is 8. The molecule has 0 aromatic heterocycles. The van der Waals surface area contributed by atoms with Gasteiger partial charge in [-0.2, -0.15) is 0 Å². The molecule has 6 N–H and O–H groups in total. The molecule has 0 aliphatic carbocycles. The molecule has 1 amide bonds. The number of carbonyl (C=O) groups is 1. The highest BCUT2D eigenvalue weighted by molar-refractivity contribution is 5.76. The molecule has 7 atom stereocenters. The second-order valence-electron chi connectivity index (χ2n) is 14.4. The first-order valence-corrected chi connectivity index (χ1v) is 20.4. The normalized spacial score (nSPS) is 22.5. The van der Waals surface area contributed by atoms with Crippen molar-refractivity contribution in [2.45, 2.75) is 224 Å². The maximum Gasteiger partial charge on any atom is 0.220 e. The van der Waals surface area contributed by atoms with Crippen molar-refractivity contribution < 1.29 is 39.8 Å². The van der Waals surface area contributed by atoms with E-state index in [0.717, 1.165) is 38.5 Å². The SMILES string of the molecule is CCCCCCCCCCCCC/C=C/[C@@H](O)[C@H](CO[C@@H]1O[C@H](CO)[C@@H](O)C(O)C1O)NC(=O)CCCCCCCCCCCCCCC. The highest BCUT2D eigenvalue weighted by atomic mass is 16.7. The number of amides is 1. The lowest BCUT2D eigenvalue weighted by atomic mass is 9.99. The van der Waals surface area contributed by atoms with Crippen molar-refractivity contribution in [1.29, 1.82) is 0 Å². The first-order chi connectivity index (χ1) is 23.8. The number of nitrogens with one attached hydrogen (secondary N) is 1. The van der Waals surface area contributed by atoms with Crippen molar-refractivity contribution in [2.75, 3.05) is 13.2 Å². The largest absolute Gasteiger partial charge is 0.394 e. The molecule has 2 unspecified atom stereocenters. The Morgan fingerprint density at radius 3 is 1.59 bits per heavy atom. The van der Waals surface area contributed by atoms with E-state index in [2.05, 4.69) is 19.2 Å². The molecule has 0 aromatic rings. The van der Waals surface area contributed by atoms with Crippen LogP contribution >= 0.6 is 0 Å². The Bertz CT molecular complexity index is 781. The van der Waals surface area contributed by atoms with Crippen molar-refractivity contribution >= 4 is 5.91 Å². The average Bonchev–Trinajstić information content (AvgIpc) is 3.10. The number of aliphatic hydroxyl groups is 5. The van der Waals surface area contributed by atoms with Crippen LogP contribution in [0.5, 0.6) is 0 Å². The fourth-order valence-corrected chi connectivity index (χ4v) is 6.51. The van der Waals surface area contributed by atoms with E-state index < -0.39 is 49.5 Å². The molecule has 0 radical (unpaired) electrons. The highest BCUT2D eigenvalue weighted by Gasteiger charge is 2.44. The summed E-state index contributed by atoms with van der Waals surface area (Å²) in [4.78, 5) is 12.9. The molecule has 1 aliphatic rings. The molecule has 1 aliphatic heterocycles. The van der Waals surface area contributed by atoms with Crippen molar-refractivity contribution in [3.05, 3.63) is 12.2 Å². The van der Waals surface area contributed by atoms with Crippen LogP contribution in [0.25, 0.3) is 0 Å². The zero-order valence-electron chi connectivity index (χ0n) is 31.5. The third kappa shape index (κ3) is 23.2. The quantitative estimate of drug-likeness (QED) is 0.0307. The van der Waals surface area contributed by atoms with Crippen molar-refractivity contribution in [3.63, 3.8) is 0 Å². The van der Waals surface area contributed by atoms with E-state index in [1.165, 1.54) is 122 Å². The van der Waals surface area contributed by atoms with Crippen LogP contribution in [0.4, 0.5) is 0 Å². The molecule has 9 nitrogen and oxygen atoms in total. The van der Waals surface area contributed by atoms with Gasteiger partial charge in [-0.05, 0) is 19.3 Å². The standard InChI is InChI=1S/C40H77NO8/c1-3-5-7-9-11-13-15-17-19-21-23-25-27-29-34(43)33(32-48-40-39(47)38(46)37(45)35(31-42)49-40)41-36(44)30-28-26-24-22-20-18-16-14-12-10-8-6-4-2/h27,29,33-35,37-40,42-43,45-47H,3-26,28,30-32H2,1-2H3,(H,41,44)/b29-27+/t33-,34+,35+,37+,38?,39?,40+/m0/s1. The average molecular weight is 700 g/mol.